The normalized spacial score (nSPS) is 25.0. The van der Waals surface area contributed by atoms with Crippen molar-refractivity contribution in [2.24, 2.45) is 0 Å². The lowest BCUT2D eigenvalue weighted by Crippen LogP contribution is -2.47. The molecule has 2 heterocycles. The lowest BCUT2D eigenvalue weighted by molar-refractivity contribution is -0.135. The molecule has 1 aromatic carbocycles. The Kier molecular flexibility index (Phi) is 4.08. The third-order valence-electron chi connectivity index (χ3n) is 4.25. The molecule has 2 aliphatic heterocycles. The van der Waals surface area contributed by atoms with Gasteiger partial charge in [0.25, 0.3) is 0 Å². The fourth-order valence-corrected chi connectivity index (χ4v) is 3.12. The molecule has 0 bridgehead atoms. The summed E-state index contributed by atoms with van der Waals surface area (Å²) in [6.07, 6.45) is 2.96. The van der Waals surface area contributed by atoms with Gasteiger partial charge in [0.05, 0.1) is 11.3 Å². The van der Waals surface area contributed by atoms with Gasteiger partial charge in [-0.2, -0.15) is 0 Å². The van der Waals surface area contributed by atoms with Gasteiger partial charge < -0.3 is 14.8 Å². The van der Waals surface area contributed by atoms with Crippen LogP contribution in [0.3, 0.4) is 0 Å². The van der Waals surface area contributed by atoms with Gasteiger partial charge in [0.15, 0.2) is 11.6 Å². The summed E-state index contributed by atoms with van der Waals surface area (Å²) >= 11 is 0. The Hall–Kier alpha value is -1.27. The van der Waals surface area contributed by atoms with Crippen LogP contribution in [-0.4, -0.2) is 31.5 Å². The molecular formula is C15H18F3NO2. The van der Waals surface area contributed by atoms with E-state index in [1.54, 1.807) is 0 Å². The number of halogens is 3. The van der Waals surface area contributed by atoms with Crippen LogP contribution in [-0.2, 0) is 9.47 Å². The number of hydrogen-bond donors (Lipinski definition) is 1. The molecule has 0 saturated carbocycles. The van der Waals surface area contributed by atoms with Gasteiger partial charge in [0.2, 0.25) is 0 Å². The molecule has 2 saturated heterocycles. The molecular weight excluding hydrogens is 283 g/mol. The predicted octanol–water partition coefficient (Wildman–Crippen LogP) is 3.24. The van der Waals surface area contributed by atoms with Gasteiger partial charge in [-0.3, -0.25) is 0 Å². The first-order valence-corrected chi connectivity index (χ1v) is 7.21. The van der Waals surface area contributed by atoms with Crippen molar-refractivity contribution in [1.82, 2.24) is 0 Å². The first kappa shape index (κ1) is 14.7. The second kappa shape index (κ2) is 5.85. The van der Waals surface area contributed by atoms with E-state index < -0.39 is 17.5 Å². The molecule has 0 aliphatic carbocycles. The quantitative estimate of drug-likeness (QED) is 0.851. The average Bonchev–Trinajstić information content (AvgIpc) is 2.45. The van der Waals surface area contributed by atoms with Crippen molar-refractivity contribution in [3.8, 4) is 0 Å². The molecule has 0 radical (unpaired) electrons. The van der Waals surface area contributed by atoms with Crippen LogP contribution in [0.4, 0.5) is 18.9 Å². The summed E-state index contributed by atoms with van der Waals surface area (Å²) in [6.45, 7) is 1.85. The lowest BCUT2D eigenvalue weighted by Gasteiger charge is -2.43. The summed E-state index contributed by atoms with van der Waals surface area (Å²) in [6, 6.07) is 1.47. The number of rotatable bonds is 2. The minimum Gasteiger partial charge on any atom is -0.381 e. The molecule has 1 N–H and O–H groups in total. The fraction of sp³-hybridized carbons (Fsp3) is 0.600. The number of benzene rings is 1. The Balaban J connectivity index is 1.73. The van der Waals surface area contributed by atoms with Crippen molar-refractivity contribution in [2.45, 2.75) is 37.3 Å². The SMILES string of the molecule is Fc1cc(F)c(F)c(NC2CCOC3(CCOCC3)C2)c1. The van der Waals surface area contributed by atoms with Crippen LogP contribution in [0.15, 0.2) is 12.1 Å². The van der Waals surface area contributed by atoms with Gasteiger partial charge in [-0.1, -0.05) is 0 Å². The van der Waals surface area contributed by atoms with E-state index in [2.05, 4.69) is 5.32 Å². The van der Waals surface area contributed by atoms with Gasteiger partial charge in [-0.15, -0.1) is 0 Å². The van der Waals surface area contributed by atoms with Crippen LogP contribution in [0, 0.1) is 17.5 Å². The van der Waals surface area contributed by atoms with E-state index in [1.807, 2.05) is 0 Å². The Bertz CT molecular complexity index is 512. The summed E-state index contributed by atoms with van der Waals surface area (Å²) in [5.41, 5.74) is -0.377. The second-order valence-corrected chi connectivity index (χ2v) is 5.73. The minimum atomic E-state index is -1.18. The number of anilines is 1. The topological polar surface area (TPSA) is 30.5 Å². The van der Waals surface area contributed by atoms with Gasteiger partial charge in [0, 0.05) is 38.0 Å². The van der Waals surface area contributed by atoms with Crippen LogP contribution in [0.25, 0.3) is 0 Å². The van der Waals surface area contributed by atoms with Crippen LogP contribution in [0.1, 0.15) is 25.7 Å². The van der Waals surface area contributed by atoms with Gasteiger partial charge in [0.1, 0.15) is 5.82 Å². The minimum absolute atomic E-state index is 0.0625. The highest BCUT2D eigenvalue weighted by Gasteiger charge is 2.39. The first-order valence-electron chi connectivity index (χ1n) is 7.21. The molecule has 1 atom stereocenters. The smallest absolute Gasteiger partial charge is 0.182 e. The number of hydrogen-bond acceptors (Lipinski definition) is 3. The summed E-state index contributed by atoms with van der Waals surface area (Å²) in [4.78, 5) is 0. The van der Waals surface area contributed by atoms with E-state index in [4.69, 9.17) is 9.47 Å². The number of ether oxygens (including phenoxy) is 2. The lowest BCUT2D eigenvalue weighted by atomic mass is 9.84. The van der Waals surface area contributed by atoms with E-state index >= 15 is 0 Å². The Morgan fingerprint density at radius 3 is 2.62 bits per heavy atom. The zero-order chi connectivity index (χ0) is 14.9. The van der Waals surface area contributed by atoms with Crippen LogP contribution in [0.2, 0.25) is 0 Å². The van der Waals surface area contributed by atoms with Crippen molar-refractivity contribution >= 4 is 5.69 Å². The molecule has 3 nitrogen and oxygen atoms in total. The third-order valence-corrected chi connectivity index (χ3v) is 4.25. The van der Waals surface area contributed by atoms with Gasteiger partial charge >= 0.3 is 0 Å². The van der Waals surface area contributed by atoms with E-state index in [1.165, 1.54) is 0 Å². The first-order chi connectivity index (χ1) is 10.1. The van der Waals surface area contributed by atoms with Crippen molar-refractivity contribution < 1.29 is 22.6 Å². The van der Waals surface area contributed by atoms with Crippen molar-refractivity contribution in [2.75, 3.05) is 25.1 Å². The molecule has 21 heavy (non-hydrogen) atoms. The average molecular weight is 301 g/mol. The molecule has 3 rings (SSSR count). The van der Waals surface area contributed by atoms with E-state index in [0.717, 1.165) is 18.9 Å². The molecule has 2 aliphatic rings. The largest absolute Gasteiger partial charge is 0.381 e. The Morgan fingerprint density at radius 1 is 1.10 bits per heavy atom. The highest BCUT2D eigenvalue weighted by atomic mass is 19.2. The Labute approximate surface area is 121 Å². The monoisotopic (exact) mass is 301 g/mol. The van der Waals surface area contributed by atoms with Crippen LogP contribution >= 0.6 is 0 Å². The zero-order valence-electron chi connectivity index (χ0n) is 11.6. The fourth-order valence-electron chi connectivity index (χ4n) is 3.12. The second-order valence-electron chi connectivity index (χ2n) is 5.73. The maximum absolute atomic E-state index is 13.7. The Morgan fingerprint density at radius 2 is 1.86 bits per heavy atom. The summed E-state index contributed by atoms with van der Waals surface area (Å²) < 4.78 is 51.4. The summed E-state index contributed by atoms with van der Waals surface area (Å²) in [5.74, 6) is -3.00. The van der Waals surface area contributed by atoms with Crippen molar-refractivity contribution in [3.63, 3.8) is 0 Å². The molecule has 116 valence electrons. The summed E-state index contributed by atoms with van der Waals surface area (Å²) in [5, 5.41) is 2.93. The van der Waals surface area contributed by atoms with Crippen molar-refractivity contribution in [3.05, 3.63) is 29.6 Å². The third kappa shape index (κ3) is 3.16. The van der Waals surface area contributed by atoms with E-state index in [-0.39, 0.29) is 17.3 Å². The maximum Gasteiger partial charge on any atom is 0.182 e. The van der Waals surface area contributed by atoms with Gasteiger partial charge in [-0.05, 0) is 25.7 Å². The number of nitrogens with one attached hydrogen (secondary N) is 1. The van der Waals surface area contributed by atoms with Crippen LogP contribution in [0.5, 0.6) is 0 Å². The molecule has 1 spiro atoms. The molecule has 0 amide bonds. The van der Waals surface area contributed by atoms with E-state index in [9.17, 15) is 13.2 Å². The van der Waals surface area contributed by atoms with E-state index in [0.29, 0.717) is 38.7 Å². The molecule has 1 unspecified atom stereocenters. The van der Waals surface area contributed by atoms with Gasteiger partial charge in [-0.25, -0.2) is 13.2 Å². The predicted molar refractivity (Wildman–Crippen MR) is 71.7 cm³/mol. The highest BCUT2D eigenvalue weighted by Crippen LogP contribution is 2.35. The standard InChI is InChI=1S/C15H18F3NO2/c16-10-7-12(17)14(18)13(8-10)19-11-1-4-21-15(9-11)2-5-20-6-3-15/h7-8,11,19H,1-6,9H2. The molecule has 0 aromatic heterocycles. The molecule has 2 fully saturated rings. The van der Waals surface area contributed by atoms with Crippen molar-refractivity contribution in [1.29, 1.82) is 0 Å². The summed E-state index contributed by atoms with van der Waals surface area (Å²) in [7, 11) is 0. The molecule has 6 heteroatoms. The zero-order valence-corrected chi connectivity index (χ0v) is 11.6. The highest BCUT2D eigenvalue weighted by molar-refractivity contribution is 5.46. The maximum atomic E-state index is 13.7. The molecule has 1 aromatic rings. The van der Waals surface area contributed by atoms with Crippen LogP contribution < -0.4 is 5.32 Å².